The van der Waals surface area contributed by atoms with Gasteiger partial charge in [-0.25, -0.2) is 0 Å². The normalized spacial score (nSPS) is 11.8. The molecule has 110 valence electrons. The van der Waals surface area contributed by atoms with Gasteiger partial charge in [0.05, 0.1) is 11.6 Å². The number of hydrogen-bond donors (Lipinski definition) is 3. The summed E-state index contributed by atoms with van der Waals surface area (Å²) in [6.45, 7) is 5.95. The first-order chi connectivity index (χ1) is 9.55. The van der Waals surface area contributed by atoms with Gasteiger partial charge in [0.1, 0.15) is 5.82 Å². The monoisotopic (exact) mass is 278 g/mol. The van der Waals surface area contributed by atoms with Gasteiger partial charge in [-0.3, -0.25) is 5.10 Å². The molecule has 0 saturated carbocycles. The van der Waals surface area contributed by atoms with Gasteiger partial charge in [-0.2, -0.15) is 15.1 Å². The number of hydrogen-bond acceptors (Lipinski definition) is 6. The molecule has 2 heterocycles. The molecule has 0 fully saturated rings. The standard InChI is InChI=1S/C13H22N6O/c1-13(2,5-6-20-4)8-15-10-9-7-16-19-11(9)18-12(14-3)17-10/h7H,5-6,8H2,1-4H3,(H3,14,15,16,17,18,19). The predicted molar refractivity (Wildman–Crippen MR) is 80.0 cm³/mol. The van der Waals surface area contributed by atoms with Gasteiger partial charge >= 0.3 is 0 Å². The molecular formula is C13H22N6O. The molecular weight excluding hydrogens is 256 g/mol. The maximum Gasteiger partial charge on any atom is 0.226 e. The van der Waals surface area contributed by atoms with Gasteiger partial charge in [-0.05, 0) is 11.8 Å². The molecule has 0 aromatic carbocycles. The molecule has 0 bridgehead atoms. The Morgan fingerprint density at radius 2 is 2.15 bits per heavy atom. The second-order valence-corrected chi connectivity index (χ2v) is 5.54. The first kappa shape index (κ1) is 14.5. The Hall–Kier alpha value is -1.89. The molecule has 2 aromatic rings. The molecule has 0 aliphatic heterocycles. The van der Waals surface area contributed by atoms with E-state index >= 15 is 0 Å². The highest BCUT2D eigenvalue weighted by molar-refractivity contribution is 5.86. The van der Waals surface area contributed by atoms with Crippen molar-refractivity contribution in [3.05, 3.63) is 6.20 Å². The number of aromatic amines is 1. The van der Waals surface area contributed by atoms with Crippen molar-refractivity contribution in [3.8, 4) is 0 Å². The fraction of sp³-hybridized carbons (Fsp3) is 0.615. The third-order valence-electron chi connectivity index (χ3n) is 3.25. The Kier molecular flexibility index (Phi) is 4.39. The van der Waals surface area contributed by atoms with Crippen LogP contribution in [0.5, 0.6) is 0 Å². The van der Waals surface area contributed by atoms with Crippen molar-refractivity contribution in [2.24, 2.45) is 5.41 Å². The maximum atomic E-state index is 5.15. The largest absolute Gasteiger partial charge is 0.385 e. The Balaban J connectivity index is 2.14. The fourth-order valence-electron chi connectivity index (χ4n) is 1.87. The fourth-order valence-corrected chi connectivity index (χ4v) is 1.87. The molecule has 2 aromatic heterocycles. The van der Waals surface area contributed by atoms with Crippen LogP contribution in [0.1, 0.15) is 20.3 Å². The lowest BCUT2D eigenvalue weighted by atomic mass is 9.90. The van der Waals surface area contributed by atoms with Crippen LogP contribution in [0.4, 0.5) is 11.8 Å². The number of methoxy groups -OCH3 is 1. The van der Waals surface area contributed by atoms with E-state index in [1.165, 1.54) is 0 Å². The van der Waals surface area contributed by atoms with Gasteiger partial charge in [-0.15, -0.1) is 0 Å². The number of nitrogens with zero attached hydrogens (tertiary/aromatic N) is 3. The Bertz CT molecular complexity index is 565. The summed E-state index contributed by atoms with van der Waals surface area (Å²) < 4.78 is 5.15. The van der Waals surface area contributed by atoms with Gasteiger partial charge in [0.2, 0.25) is 5.95 Å². The van der Waals surface area contributed by atoms with Gasteiger partial charge < -0.3 is 15.4 Å². The summed E-state index contributed by atoms with van der Waals surface area (Å²) in [5.41, 5.74) is 0.846. The highest BCUT2D eigenvalue weighted by atomic mass is 16.5. The Morgan fingerprint density at radius 3 is 2.85 bits per heavy atom. The van der Waals surface area contributed by atoms with Crippen LogP contribution in [0.15, 0.2) is 6.20 Å². The van der Waals surface area contributed by atoms with Crippen LogP contribution in [0.2, 0.25) is 0 Å². The molecule has 0 radical (unpaired) electrons. The Labute approximate surface area is 118 Å². The topological polar surface area (TPSA) is 87.8 Å². The number of fused-ring (bicyclic) bond motifs is 1. The first-order valence-corrected chi connectivity index (χ1v) is 6.67. The number of anilines is 2. The molecule has 0 aliphatic rings. The third kappa shape index (κ3) is 3.36. The molecule has 2 rings (SSSR count). The van der Waals surface area contributed by atoms with Crippen LogP contribution in [0.25, 0.3) is 11.0 Å². The average molecular weight is 278 g/mol. The van der Waals surface area contributed by atoms with E-state index in [0.29, 0.717) is 5.95 Å². The summed E-state index contributed by atoms with van der Waals surface area (Å²) in [7, 11) is 3.52. The maximum absolute atomic E-state index is 5.15. The van der Waals surface area contributed by atoms with Crippen molar-refractivity contribution in [3.63, 3.8) is 0 Å². The van der Waals surface area contributed by atoms with E-state index in [1.54, 1.807) is 20.4 Å². The summed E-state index contributed by atoms with van der Waals surface area (Å²) in [6, 6.07) is 0. The minimum atomic E-state index is 0.122. The molecule has 3 N–H and O–H groups in total. The highest BCUT2D eigenvalue weighted by Gasteiger charge is 2.18. The quantitative estimate of drug-likeness (QED) is 0.716. The second kappa shape index (κ2) is 6.04. The van der Waals surface area contributed by atoms with Crippen molar-refractivity contribution in [2.75, 3.05) is 37.9 Å². The number of aromatic nitrogens is 4. The van der Waals surface area contributed by atoms with Gasteiger partial charge in [0, 0.05) is 27.3 Å². The minimum Gasteiger partial charge on any atom is -0.385 e. The summed E-state index contributed by atoms with van der Waals surface area (Å²) >= 11 is 0. The smallest absolute Gasteiger partial charge is 0.226 e. The van der Waals surface area contributed by atoms with E-state index in [1.807, 2.05) is 0 Å². The van der Waals surface area contributed by atoms with Crippen LogP contribution < -0.4 is 10.6 Å². The summed E-state index contributed by atoms with van der Waals surface area (Å²) in [6.07, 6.45) is 2.72. The molecule has 0 spiro atoms. The lowest BCUT2D eigenvalue weighted by Gasteiger charge is -2.25. The van der Waals surface area contributed by atoms with Gasteiger partial charge in [0.15, 0.2) is 5.65 Å². The zero-order chi connectivity index (χ0) is 14.6. The minimum absolute atomic E-state index is 0.122. The molecule has 0 amide bonds. The van der Waals surface area contributed by atoms with Crippen LogP contribution in [0, 0.1) is 5.41 Å². The van der Waals surface area contributed by atoms with E-state index in [9.17, 15) is 0 Å². The first-order valence-electron chi connectivity index (χ1n) is 6.67. The summed E-state index contributed by atoms with van der Waals surface area (Å²) in [4.78, 5) is 8.76. The highest BCUT2D eigenvalue weighted by Crippen LogP contribution is 2.24. The molecule has 0 aliphatic carbocycles. The number of ether oxygens (including phenoxy) is 1. The number of rotatable bonds is 7. The summed E-state index contributed by atoms with van der Waals surface area (Å²) in [5, 5.41) is 14.1. The van der Waals surface area contributed by atoms with E-state index < -0.39 is 0 Å². The zero-order valence-electron chi connectivity index (χ0n) is 12.4. The van der Waals surface area contributed by atoms with Gasteiger partial charge in [0.25, 0.3) is 0 Å². The SMILES string of the molecule is CNc1nc(NCC(C)(C)CCOC)c2cn[nH]c2n1. The van der Waals surface area contributed by atoms with Crippen molar-refractivity contribution >= 4 is 22.8 Å². The van der Waals surface area contributed by atoms with E-state index in [2.05, 4.69) is 44.6 Å². The number of nitrogens with one attached hydrogen (secondary N) is 3. The van der Waals surface area contributed by atoms with Crippen LogP contribution in [-0.2, 0) is 4.74 Å². The van der Waals surface area contributed by atoms with E-state index in [-0.39, 0.29) is 5.41 Å². The Morgan fingerprint density at radius 1 is 1.35 bits per heavy atom. The van der Waals surface area contributed by atoms with Crippen molar-refractivity contribution in [1.29, 1.82) is 0 Å². The molecule has 0 unspecified atom stereocenters. The molecule has 20 heavy (non-hydrogen) atoms. The average Bonchev–Trinajstić information content (AvgIpc) is 2.90. The molecule has 0 saturated heterocycles. The third-order valence-corrected chi connectivity index (χ3v) is 3.25. The van der Waals surface area contributed by atoms with Gasteiger partial charge in [-0.1, -0.05) is 13.8 Å². The van der Waals surface area contributed by atoms with Crippen LogP contribution >= 0.6 is 0 Å². The van der Waals surface area contributed by atoms with E-state index in [4.69, 9.17) is 4.74 Å². The van der Waals surface area contributed by atoms with Crippen LogP contribution in [-0.4, -0.2) is 47.5 Å². The van der Waals surface area contributed by atoms with Crippen LogP contribution in [0.3, 0.4) is 0 Å². The lowest BCUT2D eigenvalue weighted by molar-refractivity contribution is 0.157. The zero-order valence-corrected chi connectivity index (χ0v) is 12.4. The van der Waals surface area contributed by atoms with Crippen molar-refractivity contribution < 1.29 is 4.74 Å². The number of H-pyrrole nitrogens is 1. The van der Waals surface area contributed by atoms with E-state index in [0.717, 1.165) is 36.4 Å². The predicted octanol–water partition coefficient (Wildman–Crippen LogP) is 1.87. The molecule has 7 heteroatoms. The second-order valence-electron chi connectivity index (χ2n) is 5.54. The van der Waals surface area contributed by atoms with Crippen molar-refractivity contribution in [2.45, 2.75) is 20.3 Å². The summed E-state index contributed by atoms with van der Waals surface area (Å²) in [5.74, 6) is 1.36. The lowest BCUT2D eigenvalue weighted by Crippen LogP contribution is -2.25. The van der Waals surface area contributed by atoms with Crippen molar-refractivity contribution in [1.82, 2.24) is 20.2 Å². The molecule has 7 nitrogen and oxygen atoms in total. The molecule has 0 atom stereocenters.